The summed E-state index contributed by atoms with van der Waals surface area (Å²) in [6.07, 6.45) is 0. The number of rotatable bonds is 6. The molecule has 0 aliphatic carbocycles. The van der Waals surface area contributed by atoms with E-state index in [2.05, 4.69) is 97.1 Å². The van der Waals surface area contributed by atoms with E-state index in [1.54, 1.807) is 0 Å². The van der Waals surface area contributed by atoms with Crippen LogP contribution in [0.3, 0.4) is 0 Å². The molecule has 0 saturated heterocycles. The maximum absolute atomic E-state index is 6.48. The Morgan fingerprint density at radius 3 is 1.35 bits per heavy atom. The Morgan fingerprint density at radius 1 is 0.306 bits per heavy atom. The Balaban J connectivity index is 1.10. The normalized spacial score (nSPS) is 11.3. The van der Waals surface area contributed by atoms with Gasteiger partial charge in [-0.15, -0.1) is 0 Å². The highest BCUT2D eigenvalue weighted by Crippen LogP contribution is 2.38. The monoisotopic (exact) mass is 627 g/mol. The van der Waals surface area contributed by atoms with Crippen LogP contribution in [0.2, 0.25) is 0 Å². The highest BCUT2D eigenvalue weighted by molar-refractivity contribution is 6.12. The predicted octanol–water partition coefficient (Wildman–Crippen LogP) is 11.8. The number of fused-ring (bicyclic) bond motifs is 3. The number of hydrogen-bond donors (Lipinski definition) is 0. The molecule has 0 aliphatic heterocycles. The van der Waals surface area contributed by atoms with Crippen molar-refractivity contribution in [3.8, 4) is 67.5 Å². The lowest BCUT2D eigenvalue weighted by atomic mass is 9.96. The van der Waals surface area contributed by atoms with Crippen LogP contribution in [-0.4, -0.2) is 15.0 Å². The van der Waals surface area contributed by atoms with Gasteiger partial charge in [0.1, 0.15) is 11.2 Å². The second-order valence-corrected chi connectivity index (χ2v) is 12.1. The molecular formula is C45H29N3O. The summed E-state index contributed by atoms with van der Waals surface area (Å²) < 4.78 is 6.48. The lowest BCUT2D eigenvalue weighted by Crippen LogP contribution is -2.00. The van der Waals surface area contributed by atoms with E-state index >= 15 is 0 Å². The SMILES string of the molecule is c1ccc(-c2cccc(-c3ccc(-c4ccc5c(c4)oc4cccc(-c6nc(-c7ccccc7)nc(-c7ccccc7)n6)c45)cc3)c2)cc1. The molecule has 7 aromatic carbocycles. The molecule has 0 fully saturated rings. The summed E-state index contributed by atoms with van der Waals surface area (Å²) in [5.41, 5.74) is 11.4. The van der Waals surface area contributed by atoms with Crippen LogP contribution in [0.1, 0.15) is 0 Å². The second-order valence-electron chi connectivity index (χ2n) is 12.1. The van der Waals surface area contributed by atoms with Gasteiger partial charge in [0, 0.05) is 27.5 Å². The first kappa shape index (κ1) is 28.6. The minimum Gasteiger partial charge on any atom is -0.456 e. The van der Waals surface area contributed by atoms with Crippen LogP contribution >= 0.6 is 0 Å². The first-order valence-electron chi connectivity index (χ1n) is 16.4. The van der Waals surface area contributed by atoms with Crippen molar-refractivity contribution < 1.29 is 4.42 Å². The number of hydrogen-bond acceptors (Lipinski definition) is 4. The smallest absolute Gasteiger partial charge is 0.164 e. The molecule has 0 bridgehead atoms. The Kier molecular flexibility index (Phi) is 7.10. The molecule has 0 aliphatic rings. The molecular weight excluding hydrogens is 599 g/mol. The highest BCUT2D eigenvalue weighted by Gasteiger charge is 2.18. The van der Waals surface area contributed by atoms with Crippen LogP contribution in [-0.2, 0) is 0 Å². The Labute approximate surface area is 284 Å². The van der Waals surface area contributed by atoms with Gasteiger partial charge in [0.05, 0.1) is 0 Å². The molecule has 2 heterocycles. The van der Waals surface area contributed by atoms with E-state index in [0.717, 1.165) is 49.8 Å². The van der Waals surface area contributed by atoms with Crippen molar-refractivity contribution in [2.24, 2.45) is 0 Å². The molecule has 9 rings (SSSR count). The summed E-state index contributed by atoms with van der Waals surface area (Å²) in [6.45, 7) is 0. The third kappa shape index (κ3) is 5.45. The van der Waals surface area contributed by atoms with E-state index in [4.69, 9.17) is 19.4 Å². The van der Waals surface area contributed by atoms with E-state index in [1.807, 2.05) is 78.9 Å². The predicted molar refractivity (Wildman–Crippen MR) is 200 cm³/mol. The summed E-state index contributed by atoms with van der Waals surface area (Å²) in [5, 5.41) is 2.01. The van der Waals surface area contributed by atoms with Crippen molar-refractivity contribution in [2.45, 2.75) is 0 Å². The molecule has 0 spiro atoms. The quantitative estimate of drug-likeness (QED) is 0.184. The zero-order valence-corrected chi connectivity index (χ0v) is 26.5. The average molecular weight is 628 g/mol. The van der Waals surface area contributed by atoms with Gasteiger partial charge in [0.25, 0.3) is 0 Å². The molecule has 0 amide bonds. The maximum Gasteiger partial charge on any atom is 0.164 e. The number of aromatic nitrogens is 3. The summed E-state index contributed by atoms with van der Waals surface area (Å²) in [4.78, 5) is 14.9. The molecule has 0 saturated carbocycles. The number of benzene rings is 7. The van der Waals surface area contributed by atoms with Gasteiger partial charge in [0.2, 0.25) is 0 Å². The van der Waals surface area contributed by atoms with Gasteiger partial charge in [-0.3, -0.25) is 0 Å². The van der Waals surface area contributed by atoms with Gasteiger partial charge in [-0.2, -0.15) is 0 Å². The summed E-state index contributed by atoms with van der Waals surface area (Å²) in [7, 11) is 0. The lowest BCUT2D eigenvalue weighted by Gasteiger charge is -2.09. The largest absolute Gasteiger partial charge is 0.456 e. The van der Waals surface area contributed by atoms with Crippen molar-refractivity contribution >= 4 is 21.9 Å². The summed E-state index contributed by atoms with van der Waals surface area (Å²) >= 11 is 0. The number of furan rings is 1. The first-order chi connectivity index (χ1) is 24.3. The highest BCUT2D eigenvalue weighted by atomic mass is 16.3. The summed E-state index contributed by atoms with van der Waals surface area (Å²) in [5.74, 6) is 1.87. The van der Waals surface area contributed by atoms with Crippen LogP contribution in [0, 0.1) is 0 Å². The van der Waals surface area contributed by atoms with E-state index in [1.165, 1.54) is 22.3 Å². The number of nitrogens with zero attached hydrogens (tertiary/aromatic N) is 3. The van der Waals surface area contributed by atoms with Gasteiger partial charge >= 0.3 is 0 Å². The molecule has 49 heavy (non-hydrogen) atoms. The van der Waals surface area contributed by atoms with Crippen molar-refractivity contribution in [1.82, 2.24) is 15.0 Å². The molecule has 0 radical (unpaired) electrons. The van der Waals surface area contributed by atoms with Crippen LogP contribution in [0.5, 0.6) is 0 Å². The van der Waals surface area contributed by atoms with E-state index in [0.29, 0.717) is 17.5 Å². The topological polar surface area (TPSA) is 51.8 Å². The van der Waals surface area contributed by atoms with Crippen molar-refractivity contribution in [2.75, 3.05) is 0 Å². The molecule has 4 nitrogen and oxygen atoms in total. The minimum atomic E-state index is 0.608. The van der Waals surface area contributed by atoms with E-state index in [9.17, 15) is 0 Å². The van der Waals surface area contributed by atoms with Crippen molar-refractivity contribution in [3.05, 3.63) is 176 Å². The Morgan fingerprint density at radius 2 is 0.755 bits per heavy atom. The average Bonchev–Trinajstić information content (AvgIpc) is 3.57. The van der Waals surface area contributed by atoms with Gasteiger partial charge in [0.15, 0.2) is 17.5 Å². The second kappa shape index (κ2) is 12.2. The van der Waals surface area contributed by atoms with Gasteiger partial charge < -0.3 is 4.42 Å². The van der Waals surface area contributed by atoms with Crippen LogP contribution in [0.15, 0.2) is 180 Å². The Bertz CT molecular complexity index is 2520. The zero-order valence-electron chi connectivity index (χ0n) is 26.5. The molecule has 0 atom stereocenters. The van der Waals surface area contributed by atoms with Gasteiger partial charge in [-0.05, 0) is 57.6 Å². The third-order valence-corrected chi connectivity index (χ3v) is 8.96. The molecule has 4 heteroatoms. The fourth-order valence-corrected chi connectivity index (χ4v) is 6.48. The van der Waals surface area contributed by atoms with E-state index < -0.39 is 0 Å². The summed E-state index contributed by atoms with van der Waals surface area (Å²) in [6, 6.07) is 60.5. The maximum atomic E-state index is 6.48. The fourth-order valence-electron chi connectivity index (χ4n) is 6.48. The third-order valence-electron chi connectivity index (χ3n) is 8.96. The fraction of sp³-hybridized carbons (Fsp3) is 0. The first-order valence-corrected chi connectivity index (χ1v) is 16.4. The lowest BCUT2D eigenvalue weighted by molar-refractivity contribution is 0.669. The molecule has 230 valence electrons. The Hall–Kier alpha value is -6.65. The van der Waals surface area contributed by atoms with Crippen LogP contribution in [0.4, 0.5) is 0 Å². The molecule has 0 unspecified atom stereocenters. The van der Waals surface area contributed by atoms with E-state index in [-0.39, 0.29) is 0 Å². The molecule has 9 aromatic rings. The van der Waals surface area contributed by atoms with Crippen LogP contribution < -0.4 is 0 Å². The molecule has 2 aromatic heterocycles. The van der Waals surface area contributed by atoms with Crippen LogP contribution in [0.25, 0.3) is 89.5 Å². The molecule has 0 N–H and O–H groups in total. The van der Waals surface area contributed by atoms with Crippen molar-refractivity contribution in [3.63, 3.8) is 0 Å². The van der Waals surface area contributed by atoms with Gasteiger partial charge in [-0.25, -0.2) is 15.0 Å². The van der Waals surface area contributed by atoms with Crippen molar-refractivity contribution in [1.29, 1.82) is 0 Å². The zero-order chi connectivity index (χ0) is 32.6. The minimum absolute atomic E-state index is 0.608. The van der Waals surface area contributed by atoms with Gasteiger partial charge in [-0.1, -0.05) is 152 Å². The standard InChI is InChI=1S/C45H29N3O/c1-4-12-30(13-5-1)35-18-10-19-36(28-35)31-22-24-32(25-23-31)37-26-27-38-41(29-37)49-40-21-11-20-39(42(38)40)45-47-43(33-14-6-2-7-15-33)46-44(48-45)34-16-8-3-9-17-34/h1-29H.